The summed E-state index contributed by atoms with van der Waals surface area (Å²) in [7, 11) is 0. The van der Waals surface area contributed by atoms with Gasteiger partial charge in [0.05, 0.1) is 25.5 Å². The Balaban J connectivity index is 0.000000155. The zero-order chi connectivity index (χ0) is 26.2. The number of rotatable bonds is 6. The molecule has 6 aromatic rings. The van der Waals surface area contributed by atoms with E-state index in [1.54, 1.807) is 0 Å². The summed E-state index contributed by atoms with van der Waals surface area (Å²) in [6.07, 6.45) is 3.98. The normalized spacial score (nSPS) is 10.6. The first-order chi connectivity index (χ1) is 18.6. The van der Waals surface area contributed by atoms with Crippen LogP contribution < -0.4 is 0 Å². The van der Waals surface area contributed by atoms with Crippen LogP contribution >= 0.6 is 0 Å². The lowest BCUT2D eigenvalue weighted by Gasteiger charge is -2.01. The van der Waals surface area contributed by atoms with Crippen molar-refractivity contribution in [3.8, 4) is 22.5 Å². The molecule has 0 amide bonds. The lowest BCUT2D eigenvalue weighted by atomic mass is 10.1. The van der Waals surface area contributed by atoms with Crippen molar-refractivity contribution in [3.63, 3.8) is 0 Å². The predicted octanol–water partition coefficient (Wildman–Crippen LogP) is 6.60. The third-order valence-corrected chi connectivity index (χ3v) is 6.19. The predicted molar refractivity (Wildman–Crippen MR) is 151 cm³/mol. The van der Waals surface area contributed by atoms with Crippen molar-refractivity contribution in [1.82, 2.24) is 30.0 Å². The Bertz CT molecular complexity index is 1580. The molecule has 188 valence electrons. The molecule has 38 heavy (non-hydrogen) atoms. The van der Waals surface area contributed by atoms with Gasteiger partial charge in [-0.05, 0) is 36.6 Å². The van der Waals surface area contributed by atoms with Gasteiger partial charge in [0, 0.05) is 11.1 Å². The molecular weight excluding hydrogens is 468 g/mol. The van der Waals surface area contributed by atoms with Crippen molar-refractivity contribution in [2.24, 2.45) is 0 Å². The third-order valence-electron chi connectivity index (χ3n) is 6.19. The molecule has 0 aliphatic rings. The van der Waals surface area contributed by atoms with Crippen LogP contribution in [0.2, 0.25) is 0 Å². The number of aromatic nitrogens is 6. The van der Waals surface area contributed by atoms with E-state index in [1.165, 1.54) is 22.3 Å². The first-order valence-electron chi connectivity index (χ1n) is 12.7. The first-order valence-corrected chi connectivity index (χ1v) is 12.7. The molecule has 2 aromatic heterocycles. The average Bonchev–Trinajstić information content (AvgIpc) is 3.61. The van der Waals surface area contributed by atoms with E-state index in [9.17, 15) is 0 Å². The van der Waals surface area contributed by atoms with Crippen LogP contribution in [0.15, 0.2) is 122 Å². The van der Waals surface area contributed by atoms with Crippen LogP contribution in [0.4, 0.5) is 0 Å². The van der Waals surface area contributed by atoms with Crippen molar-refractivity contribution >= 4 is 0 Å². The Hall–Kier alpha value is -4.84. The molecule has 0 aliphatic carbocycles. The molecule has 0 N–H and O–H groups in total. The van der Waals surface area contributed by atoms with Crippen molar-refractivity contribution < 1.29 is 0 Å². The number of hydrogen-bond donors (Lipinski definition) is 0. The summed E-state index contributed by atoms with van der Waals surface area (Å²) in [5.74, 6) is 0. The van der Waals surface area contributed by atoms with Gasteiger partial charge in [-0.15, -0.1) is 10.2 Å². The van der Waals surface area contributed by atoms with Crippen LogP contribution in [0.1, 0.15) is 22.3 Å². The number of hydrogen-bond acceptors (Lipinski definition) is 4. The van der Waals surface area contributed by atoms with E-state index in [2.05, 4.69) is 89.1 Å². The Morgan fingerprint density at radius 1 is 0.553 bits per heavy atom. The molecule has 6 heteroatoms. The smallest absolute Gasteiger partial charge is 0.113 e. The standard InChI is InChI=1S/2C16H15N3/c1-13-7-5-6-10-15(13)16-12-19(18-17-16)11-14-8-3-2-4-9-14;1-13-6-5-9-15(10-13)16-12-19(18-17-16)11-14-7-3-2-4-8-14/h2*2-10,12H,11H2,1H3. The van der Waals surface area contributed by atoms with Gasteiger partial charge in [-0.1, -0.05) is 119 Å². The summed E-state index contributed by atoms with van der Waals surface area (Å²) in [5, 5.41) is 16.9. The quantitative estimate of drug-likeness (QED) is 0.259. The SMILES string of the molecule is Cc1cccc(-c2cn(Cc3ccccc3)nn2)c1.Cc1ccccc1-c1cn(Cc2ccccc2)nn1. The second-order valence-electron chi connectivity index (χ2n) is 9.26. The summed E-state index contributed by atoms with van der Waals surface area (Å²) in [6, 6.07) is 37.1. The lowest BCUT2D eigenvalue weighted by molar-refractivity contribution is 0.650. The van der Waals surface area contributed by atoms with Gasteiger partial charge >= 0.3 is 0 Å². The lowest BCUT2D eigenvalue weighted by Crippen LogP contribution is -1.99. The van der Waals surface area contributed by atoms with Gasteiger partial charge in [-0.25, -0.2) is 9.36 Å². The molecule has 6 nitrogen and oxygen atoms in total. The van der Waals surface area contributed by atoms with Crippen molar-refractivity contribution in [1.29, 1.82) is 0 Å². The van der Waals surface area contributed by atoms with Crippen LogP contribution in [0.25, 0.3) is 22.5 Å². The Morgan fingerprint density at radius 2 is 1.11 bits per heavy atom. The van der Waals surface area contributed by atoms with Gasteiger partial charge in [0.15, 0.2) is 0 Å². The average molecular weight is 499 g/mol. The molecule has 0 atom stereocenters. The monoisotopic (exact) mass is 498 g/mol. The Morgan fingerprint density at radius 3 is 1.71 bits per heavy atom. The van der Waals surface area contributed by atoms with Crippen LogP contribution in [-0.4, -0.2) is 30.0 Å². The second kappa shape index (κ2) is 11.9. The first kappa shape index (κ1) is 24.8. The van der Waals surface area contributed by atoms with Crippen LogP contribution in [0, 0.1) is 13.8 Å². The molecule has 0 unspecified atom stereocenters. The highest BCUT2D eigenvalue weighted by Gasteiger charge is 2.07. The van der Waals surface area contributed by atoms with E-state index in [1.807, 2.05) is 76.4 Å². The van der Waals surface area contributed by atoms with Gasteiger partial charge in [-0.2, -0.15) is 0 Å². The zero-order valence-electron chi connectivity index (χ0n) is 21.6. The van der Waals surface area contributed by atoms with E-state index in [0.717, 1.165) is 35.6 Å². The summed E-state index contributed by atoms with van der Waals surface area (Å²) in [4.78, 5) is 0. The largest absolute Gasteiger partial charge is 0.247 e. The minimum absolute atomic E-state index is 0.750. The molecule has 0 fully saturated rings. The number of aryl methyl sites for hydroxylation is 2. The highest BCUT2D eigenvalue weighted by atomic mass is 15.4. The van der Waals surface area contributed by atoms with Crippen LogP contribution in [0.5, 0.6) is 0 Å². The molecule has 6 rings (SSSR count). The molecule has 0 bridgehead atoms. The van der Waals surface area contributed by atoms with Crippen molar-refractivity contribution in [2.45, 2.75) is 26.9 Å². The van der Waals surface area contributed by atoms with E-state index < -0.39 is 0 Å². The minimum Gasteiger partial charge on any atom is -0.247 e. The maximum atomic E-state index is 4.26. The molecule has 0 saturated heterocycles. The van der Waals surface area contributed by atoms with E-state index in [4.69, 9.17) is 0 Å². The zero-order valence-corrected chi connectivity index (χ0v) is 21.6. The topological polar surface area (TPSA) is 61.4 Å². The maximum Gasteiger partial charge on any atom is 0.113 e. The maximum absolute atomic E-state index is 4.26. The van der Waals surface area contributed by atoms with E-state index in [0.29, 0.717) is 0 Å². The fourth-order valence-corrected chi connectivity index (χ4v) is 4.21. The van der Waals surface area contributed by atoms with Gasteiger partial charge < -0.3 is 0 Å². The van der Waals surface area contributed by atoms with E-state index >= 15 is 0 Å². The fourth-order valence-electron chi connectivity index (χ4n) is 4.21. The highest BCUT2D eigenvalue weighted by molar-refractivity contribution is 5.62. The van der Waals surface area contributed by atoms with Crippen molar-refractivity contribution in [2.75, 3.05) is 0 Å². The van der Waals surface area contributed by atoms with Gasteiger partial charge in [-0.3, -0.25) is 0 Å². The molecular formula is C32H30N6. The summed E-state index contributed by atoms with van der Waals surface area (Å²) in [6.45, 7) is 5.67. The van der Waals surface area contributed by atoms with Crippen LogP contribution in [-0.2, 0) is 13.1 Å². The second-order valence-corrected chi connectivity index (χ2v) is 9.26. The Labute approximate surface area is 223 Å². The summed E-state index contributed by atoms with van der Waals surface area (Å²) in [5.41, 5.74) is 8.99. The highest BCUT2D eigenvalue weighted by Crippen LogP contribution is 2.20. The molecule has 2 heterocycles. The van der Waals surface area contributed by atoms with Gasteiger partial charge in [0.2, 0.25) is 0 Å². The van der Waals surface area contributed by atoms with Crippen molar-refractivity contribution in [3.05, 3.63) is 144 Å². The van der Waals surface area contributed by atoms with Crippen LogP contribution in [0.3, 0.4) is 0 Å². The number of nitrogens with zero attached hydrogens (tertiary/aromatic N) is 6. The summed E-state index contributed by atoms with van der Waals surface area (Å²) < 4.78 is 3.74. The molecule has 0 spiro atoms. The van der Waals surface area contributed by atoms with Gasteiger partial charge in [0.1, 0.15) is 11.4 Å². The molecule has 0 radical (unpaired) electrons. The third kappa shape index (κ3) is 6.48. The van der Waals surface area contributed by atoms with Gasteiger partial charge in [0.25, 0.3) is 0 Å². The number of benzene rings is 4. The summed E-state index contributed by atoms with van der Waals surface area (Å²) >= 11 is 0. The fraction of sp³-hybridized carbons (Fsp3) is 0.125. The molecule has 0 aliphatic heterocycles. The molecule has 0 saturated carbocycles. The molecule has 4 aromatic carbocycles. The van der Waals surface area contributed by atoms with E-state index in [-0.39, 0.29) is 0 Å². The Kier molecular flexibility index (Phi) is 7.80. The minimum atomic E-state index is 0.750.